The molecule has 4 N–H and O–H groups in total. The van der Waals surface area contributed by atoms with Gasteiger partial charge in [0.15, 0.2) is 23.1 Å². The van der Waals surface area contributed by atoms with E-state index in [-0.39, 0.29) is 0 Å². The lowest BCUT2D eigenvalue weighted by molar-refractivity contribution is 0.171. The molecule has 138 valence electrons. The highest BCUT2D eigenvalue weighted by atomic mass is 16.6. The van der Waals surface area contributed by atoms with E-state index in [0.717, 1.165) is 24.4 Å². The molecule has 0 spiro atoms. The Balaban J connectivity index is 1.44. The molecular weight excluding hydrogens is 342 g/mol. The van der Waals surface area contributed by atoms with Gasteiger partial charge in [-0.05, 0) is 24.1 Å². The number of benzene rings is 2. The third-order valence-electron chi connectivity index (χ3n) is 4.24. The molecule has 0 fully saturated rings. The predicted octanol–water partition coefficient (Wildman–Crippen LogP) is 3.23. The molecule has 0 atom stereocenters. The van der Waals surface area contributed by atoms with E-state index < -0.39 is 0 Å². The SMILES string of the molecule is Nc1c(NCCc2ccccc2)ncnc1Nc1ccc2c(c1)OCCO2. The van der Waals surface area contributed by atoms with Gasteiger partial charge in [-0.2, -0.15) is 0 Å². The smallest absolute Gasteiger partial charge is 0.163 e. The first-order valence-corrected chi connectivity index (χ1v) is 8.84. The van der Waals surface area contributed by atoms with Crippen molar-refractivity contribution in [2.75, 3.05) is 36.1 Å². The summed E-state index contributed by atoms with van der Waals surface area (Å²) in [5.41, 5.74) is 8.79. The van der Waals surface area contributed by atoms with Crippen LogP contribution in [0.15, 0.2) is 54.9 Å². The molecular formula is C20H21N5O2. The molecule has 2 heterocycles. The summed E-state index contributed by atoms with van der Waals surface area (Å²) in [4.78, 5) is 8.50. The van der Waals surface area contributed by atoms with Gasteiger partial charge in [-0.15, -0.1) is 0 Å². The van der Waals surface area contributed by atoms with Gasteiger partial charge in [0.2, 0.25) is 0 Å². The Morgan fingerprint density at radius 2 is 1.70 bits per heavy atom. The molecule has 27 heavy (non-hydrogen) atoms. The number of nitrogens with one attached hydrogen (secondary N) is 2. The molecule has 0 amide bonds. The summed E-state index contributed by atoms with van der Waals surface area (Å²) in [7, 11) is 0. The van der Waals surface area contributed by atoms with E-state index in [0.29, 0.717) is 36.3 Å². The summed E-state index contributed by atoms with van der Waals surface area (Å²) < 4.78 is 11.1. The second-order valence-corrected chi connectivity index (χ2v) is 6.13. The van der Waals surface area contributed by atoms with Gasteiger partial charge in [-0.1, -0.05) is 30.3 Å². The predicted molar refractivity (Wildman–Crippen MR) is 106 cm³/mol. The van der Waals surface area contributed by atoms with Crippen LogP contribution in [0.4, 0.5) is 23.0 Å². The Morgan fingerprint density at radius 1 is 0.926 bits per heavy atom. The summed E-state index contributed by atoms with van der Waals surface area (Å²) in [6.45, 7) is 1.84. The summed E-state index contributed by atoms with van der Waals surface area (Å²) in [5.74, 6) is 2.61. The lowest BCUT2D eigenvalue weighted by atomic mass is 10.1. The first kappa shape index (κ1) is 17.0. The maximum atomic E-state index is 6.24. The van der Waals surface area contributed by atoms with Crippen LogP contribution in [0.25, 0.3) is 0 Å². The van der Waals surface area contributed by atoms with Gasteiger partial charge in [0.1, 0.15) is 25.2 Å². The van der Waals surface area contributed by atoms with Crippen molar-refractivity contribution in [2.24, 2.45) is 0 Å². The van der Waals surface area contributed by atoms with Crippen LogP contribution in [0.2, 0.25) is 0 Å². The molecule has 0 saturated heterocycles. The zero-order valence-electron chi connectivity index (χ0n) is 14.8. The monoisotopic (exact) mass is 363 g/mol. The highest BCUT2D eigenvalue weighted by molar-refractivity contribution is 5.78. The van der Waals surface area contributed by atoms with Gasteiger partial charge in [0.05, 0.1) is 0 Å². The van der Waals surface area contributed by atoms with E-state index >= 15 is 0 Å². The van der Waals surface area contributed by atoms with Crippen molar-refractivity contribution >= 4 is 23.0 Å². The van der Waals surface area contributed by atoms with Crippen LogP contribution < -0.4 is 25.8 Å². The first-order valence-electron chi connectivity index (χ1n) is 8.84. The van der Waals surface area contributed by atoms with E-state index in [1.165, 1.54) is 11.9 Å². The third-order valence-corrected chi connectivity index (χ3v) is 4.24. The zero-order valence-corrected chi connectivity index (χ0v) is 14.8. The molecule has 0 bridgehead atoms. The molecule has 0 radical (unpaired) electrons. The van der Waals surface area contributed by atoms with Crippen LogP contribution in [0, 0.1) is 0 Å². The van der Waals surface area contributed by atoms with Crippen LogP contribution in [0.1, 0.15) is 5.56 Å². The Kier molecular flexibility index (Phi) is 4.91. The molecule has 7 nitrogen and oxygen atoms in total. The number of aromatic nitrogens is 2. The zero-order chi connectivity index (χ0) is 18.5. The summed E-state index contributed by atoms with van der Waals surface area (Å²) in [6, 6.07) is 15.9. The second kappa shape index (κ2) is 7.82. The van der Waals surface area contributed by atoms with E-state index in [2.05, 4.69) is 32.7 Å². The Labute approximate surface area is 157 Å². The molecule has 1 aromatic heterocycles. The summed E-state index contributed by atoms with van der Waals surface area (Å²) in [5, 5.41) is 6.50. The molecule has 2 aromatic carbocycles. The maximum absolute atomic E-state index is 6.24. The standard InChI is InChI=1S/C20H21N5O2/c21-18-19(22-9-8-14-4-2-1-3-5-14)23-13-24-20(18)25-15-6-7-16-17(12-15)27-11-10-26-16/h1-7,12-13H,8-11,21H2,(H2,22,23,24,25). The average Bonchev–Trinajstić information content (AvgIpc) is 2.71. The largest absolute Gasteiger partial charge is 0.486 e. The summed E-state index contributed by atoms with van der Waals surface area (Å²) >= 11 is 0. The van der Waals surface area contributed by atoms with Crippen LogP contribution in [-0.4, -0.2) is 29.7 Å². The highest BCUT2D eigenvalue weighted by Crippen LogP contribution is 2.34. The fourth-order valence-electron chi connectivity index (χ4n) is 2.86. The van der Waals surface area contributed by atoms with Gasteiger partial charge < -0.3 is 25.8 Å². The number of nitrogens with zero attached hydrogens (tertiary/aromatic N) is 2. The van der Waals surface area contributed by atoms with Crippen molar-refractivity contribution in [3.05, 3.63) is 60.4 Å². The molecule has 0 saturated carbocycles. The molecule has 0 aliphatic carbocycles. The number of anilines is 4. The van der Waals surface area contributed by atoms with E-state index in [4.69, 9.17) is 15.2 Å². The fourth-order valence-corrected chi connectivity index (χ4v) is 2.86. The van der Waals surface area contributed by atoms with Gasteiger partial charge in [-0.25, -0.2) is 9.97 Å². The van der Waals surface area contributed by atoms with Gasteiger partial charge in [-0.3, -0.25) is 0 Å². The van der Waals surface area contributed by atoms with Crippen LogP contribution in [0.5, 0.6) is 11.5 Å². The van der Waals surface area contributed by atoms with Crippen LogP contribution in [-0.2, 0) is 6.42 Å². The van der Waals surface area contributed by atoms with Crippen molar-refractivity contribution in [1.82, 2.24) is 9.97 Å². The quantitative estimate of drug-likeness (QED) is 0.619. The highest BCUT2D eigenvalue weighted by Gasteiger charge is 2.13. The lowest BCUT2D eigenvalue weighted by Gasteiger charge is -2.19. The number of hydrogen-bond donors (Lipinski definition) is 3. The number of nitrogen functional groups attached to an aromatic ring is 1. The number of fused-ring (bicyclic) bond motifs is 1. The van der Waals surface area contributed by atoms with Gasteiger partial charge >= 0.3 is 0 Å². The van der Waals surface area contributed by atoms with Crippen LogP contribution >= 0.6 is 0 Å². The normalized spacial score (nSPS) is 12.4. The number of rotatable bonds is 6. The number of hydrogen-bond acceptors (Lipinski definition) is 7. The van der Waals surface area contributed by atoms with Gasteiger partial charge in [0, 0.05) is 18.3 Å². The van der Waals surface area contributed by atoms with Crippen molar-refractivity contribution < 1.29 is 9.47 Å². The van der Waals surface area contributed by atoms with Crippen molar-refractivity contribution in [2.45, 2.75) is 6.42 Å². The summed E-state index contributed by atoms with van der Waals surface area (Å²) in [6.07, 6.45) is 2.37. The molecule has 7 heteroatoms. The Bertz CT molecular complexity index is 918. The Morgan fingerprint density at radius 3 is 2.56 bits per heavy atom. The number of ether oxygens (including phenoxy) is 2. The minimum absolute atomic E-state index is 0.473. The first-order chi connectivity index (χ1) is 13.3. The van der Waals surface area contributed by atoms with Gasteiger partial charge in [0.25, 0.3) is 0 Å². The van der Waals surface area contributed by atoms with E-state index in [1.807, 2.05) is 36.4 Å². The average molecular weight is 363 g/mol. The molecule has 1 aliphatic heterocycles. The maximum Gasteiger partial charge on any atom is 0.163 e. The van der Waals surface area contributed by atoms with E-state index in [1.54, 1.807) is 0 Å². The topological polar surface area (TPSA) is 94.3 Å². The van der Waals surface area contributed by atoms with Crippen molar-refractivity contribution in [1.29, 1.82) is 0 Å². The Hall–Kier alpha value is -3.48. The number of nitrogens with two attached hydrogens (primary N) is 1. The van der Waals surface area contributed by atoms with E-state index in [9.17, 15) is 0 Å². The second-order valence-electron chi connectivity index (χ2n) is 6.13. The molecule has 1 aliphatic rings. The van der Waals surface area contributed by atoms with Crippen LogP contribution in [0.3, 0.4) is 0 Å². The third kappa shape index (κ3) is 4.03. The minimum Gasteiger partial charge on any atom is -0.486 e. The lowest BCUT2D eigenvalue weighted by Crippen LogP contribution is -2.15. The van der Waals surface area contributed by atoms with Crippen molar-refractivity contribution in [3.8, 4) is 11.5 Å². The molecule has 4 rings (SSSR count). The van der Waals surface area contributed by atoms with Crippen molar-refractivity contribution in [3.63, 3.8) is 0 Å². The minimum atomic E-state index is 0.473. The fraction of sp³-hybridized carbons (Fsp3) is 0.200. The molecule has 0 unspecified atom stereocenters. The molecule has 3 aromatic rings.